The number of ketones is 1. The van der Waals surface area contributed by atoms with Crippen LogP contribution >= 0.6 is 0 Å². The van der Waals surface area contributed by atoms with Crippen molar-refractivity contribution in [3.05, 3.63) is 79.5 Å². The summed E-state index contributed by atoms with van der Waals surface area (Å²) in [4.78, 5) is 47.7. The highest BCUT2D eigenvalue weighted by molar-refractivity contribution is 6.38. The fraction of sp³-hybridized carbons (Fsp3) is 0.615. The normalized spacial score (nSPS) is 21.6. The quantitative estimate of drug-likeness (QED) is 0.0866. The van der Waals surface area contributed by atoms with Gasteiger partial charge in [-0.1, -0.05) is 117 Å². The first-order valence-corrected chi connectivity index (χ1v) is 23.7. The van der Waals surface area contributed by atoms with Crippen molar-refractivity contribution in [2.45, 2.75) is 190 Å². The van der Waals surface area contributed by atoms with Crippen LogP contribution in [0.5, 0.6) is 0 Å². The number of hydrogen-bond acceptors (Lipinski definition) is 8. The zero-order chi connectivity index (χ0) is 42.9. The number of aliphatic imine (C=N–C) groups is 4. The fourth-order valence-electron chi connectivity index (χ4n) is 10.1. The van der Waals surface area contributed by atoms with E-state index in [-0.39, 0.29) is 36.4 Å². The number of hydrogen-bond donors (Lipinski definition) is 1. The van der Waals surface area contributed by atoms with Gasteiger partial charge in [-0.25, -0.2) is 15.0 Å². The Morgan fingerprint density at radius 3 is 1.93 bits per heavy atom. The lowest BCUT2D eigenvalue weighted by Crippen LogP contribution is -2.19. The first-order valence-electron chi connectivity index (χ1n) is 23.7. The number of carbonyl (C=O) groups excluding carboxylic acids is 2. The van der Waals surface area contributed by atoms with E-state index in [1.54, 1.807) is 6.92 Å². The number of nitrogens with zero attached hydrogens (tertiary/aromatic N) is 4. The van der Waals surface area contributed by atoms with E-state index in [1.807, 2.05) is 26.0 Å². The van der Waals surface area contributed by atoms with Gasteiger partial charge in [-0.2, -0.15) is 0 Å². The van der Waals surface area contributed by atoms with E-state index in [0.717, 1.165) is 92.5 Å². The van der Waals surface area contributed by atoms with Gasteiger partial charge in [0, 0.05) is 47.1 Å². The second-order valence-electron chi connectivity index (χ2n) is 18.1. The number of unbranched alkanes of at least 4 members (excludes halogenated alkanes) is 15. The van der Waals surface area contributed by atoms with Crippen LogP contribution in [0.1, 0.15) is 184 Å². The summed E-state index contributed by atoms with van der Waals surface area (Å²) < 4.78 is 5.78. The summed E-state index contributed by atoms with van der Waals surface area (Å²) in [6, 6.07) is 0. The molecule has 0 spiro atoms. The Bertz CT molecular complexity index is 2060. The summed E-state index contributed by atoms with van der Waals surface area (Å²) in [5, 5.41) is 11.0. The highest BCUT2D eigenvalue weighted by Gasteiger charge is 2.43. The van der Waals surface area contributed by atoms with E-state index in [1.165, 1.54) is 89.9 Å². The van der Waals surface area contributed by atoms with Gasteiger partial charge >= 0.3 is 5.97 Å². The third kappa shape index (κ3) is 10.2. The average Bonchev–Trinajstić information content (AvgIpc) is 3.99. The van der Waals surface area contributed by atoms with Crippen molar-refractivity contribution < 1.29 is 19.4 Å². The number of esters is 1. The van der Waals surface area contributed by atoms with E-state index in [2.05, 4.69) is 34.6 Å². The van der Waals surface area contributed by atoms with Crippen molar-refractivity contribution >= 4 is 34.6 Å². The minimum Gasteiger partial charge on any atom is -0.466 e. The molecule has 0 aromatic rings. The Morgan fingerprint density at radius 2 is 1.33 bits per heavy atom. The third-order valence-corrected chi connectivity index (χ3v) is 13.7. The molecule has 0 aromatic carbocycles. The third-order valence-electron chi connectivity index (χ3n) is 13.7. The van der Waals surface area contributed by atoms with E-state index in [0.29, 0.717) is 30.0 Å². The van der Waals surface area contributed by atoms with Crippen LogP contribution in [-0.2, 0) is 14.3 Å². The Morgan fingerprint density at radius 1 is 0.750 bits per heavy atom. The Kier molecular flexibility index (Phi) is 16.0. The molecule has 8 bridgehead atoms. The number of Topliss-reactive ketones (excluding diaryl/α,β-unsaturated/α-hetero) is 1. The standard InChI is InChI=1S/C52H72N4O4/c1-9-11-12-13-14-15-16-17-18-19-20-21-22-23-24-25-28-60-46(59)27-26-39-33(4)49-36(7)50-35(6)47(37(8)57)44(55-50)31-41-32(3)38(10-2)43(53-41)30-42-34(5)48-45(58)29-40(51(39)56-49)52(48)54-42/h30-31,33,37,39,57H,9-29H2,1-8H3/t33-,37+,39-/m0/s1. The van der Waals surface area contributed by atoms with Crippen LogP contribution in [0.2, 0.25) is 0 Å². The molecule has 6 rings (SSSR count). The molecule has 324 valence electrons. The summed E-state index contributed by atoms with van der Waals surface area (Å²) in [7, 11) is 0. The summed E-state index contributed by atoms with van der Waals surface area (Å²) in [5.41, 5.74) is 13.6. The number of fused-ring (bicyclic) bond motifs is 4. The Labute approximate surface area is 360 Å². The number of aliphatic hydroxyl groups is 1. The second kappa shape index (κ2) is 21.2. The van der Waals surface area contributed by atoms with Crippen LogP contribution in [0.25, 0.3) is 0 Å². The molecular formula is C52H72N4O4. The number of allylic oxidation sites excluding steroid dienone is 10. The van der Waals surface area contributed by atoms with Crippen molar-refractivity contribution in [3.63, 3.8) is 0 Å². The van der Waals surface area contributed by atoms with Gasteiger partial charge in [-0.15, -0.1) is 0 Å². The first-order chi connectivity index (χ1) is 29.0. The summed E-state index contributed by atoms with van der Waals surface area (Å²) in [5.74, 6) is -0.258. The van der Waals surface area contributed by atoms with Gasteiger partial charge in [0.25, 0.3) is 0 Å². The van der Waals surface area contributed by atoms with Crippen LogP contribution in [0.4, 0.5) is 0 Å². The van der Waals surface area contributed by atoms with Gasteiger partial charge in [-0.05, 0) is 93.9 Å². The molecule has 0 unspecified atom stereocenters. The van der Waals surface area contributed by atoms with Crippen molar-refractivity contribution in [1.82, 2.24) is 0 Å². The number of aliphatic hydroxyl groups excluding tert-OH is 1. The molecule has 0 aromatic heterocycles. The van der Waals surface area contributed by atoms with Gasteiger partial charge in [0.1, 0.15) is 0 Å². The van der Waals surface area contributed by atoms with Crippen molar-refractivity contribution in [3.8, 4) is 0 Å². The highest BCUT2D eigenvalue weighted by atomic mass is 16.5. The number of carbonyl (C=O) groups is 2. The molecule has 5 heterocycles. The summed E-state index contributed by atoms with van der Waals surface area (Å²) in [6.07, 6.45) is 26.1. The molecule has 0 saturated heterocycles. The molecular weight excluding hydrogens is 745 g/mol. The predicted octanol–water partition coefficient (Wildman–Crippen LogP) is 12.7. The lowest BCUT2D eigenvalue weighted by atomic mass is 9.83. The smallest absolute Gasteiger partial charge is 0.305 e. The molecule has 1 saturated carbocycles. The van der Waals surface area contributed by atoms with Gasteiger partial charge in [-0.3, -0.25) is 14.6 Å². The number of ether oxygens (including phenoxy) is 1. The molecule has 3 atom stereocenters. The monoisotopic (exact) mass is 817 g/mol. The van der Waals surface area contributed by atoms with Crippen molar-refractivity contribution in [1.29, 1.82) is 0 Å². The SMILES string of the molecule is CCCCCCCCCCCCCCCCCCOC(=O)CC[C@@H]1C2=C3CC(=O)C4=C(C)C(=CC5=NC(=CC6=NC(=C(C)C(=N2)[C@H]1C)C(C)=C6[C@@H](C)O)C(C)=C5CC)N=C34. The van der Waals surface area contributed by atoms with Gasteiger partial charge in [0.2, 0.25) is 0 Å². The lowest BCUT2D eigenvalue weighted by Gasteiger charge is -2.19. The van der Waals surface area contributed by atoms with Crippen LogP contribution in [0.3, 0.4) is 0 Å². The molecule has 1 aliphatic carbocycles. The molecule has 1 fully saturated rings. The molecule has 6 aliphatic rings. The lowest BCUT2D eigenvalue weighted by molar-refractivity contribution is -0.144. The molecule has 60 heavy (non-hydrogen) atoms. The predicted molar refractivity (Wildman–Crippen MR) is 248 cm³/mol. The maximum Gasteiger partial charge on any atom is 0.305 e. The maximum atomic E-state index is 13.8. The zero-order valence-electron chi connectivity index (χ0n) is 38.2. The van der Waals surface area contributed by atoms with Crippen LogP contribution in [-0.4, -0.2) is 52.4 Å². The van der Waals surface area contributed by atoms with E-state index in [4.69, 9.17) is 24.7 Å². The van der Waals surface area contributed by atoms with E-state index < -0.39 is 6.10 Å². The minimum atomic E-state index is -0.727. The minimum absolute atomic E-state index is 0.0377. The average molecular weight is 817 g/mol. The molecule has 0 radical (unpaired) electrons. The summed E-state index contributed by atoms with van der Waals surface area (Å²) >= 11 is 0. The van der Waals surface area contributed by atoms with Crippen LogP contribution in [0, 0.1) is 11.8 Å². The topological polar surface area (TPSA) is 113 Å². The van der Waals surface area contributed by atoms with Crippen molar-refractivity contribution in [2.24, 2.45) is 31.8 Å². The molecule has 8 nitrogen and oxygen atoms in total. The molecule has 0 amide bonds. The summed E-state index contributed by atoms with van der Waals surface area (Å²) in [6.45, 7) is 17.0. The van der Waals surface area contributed by atoms with Gasteiger partial charge in [0.15, 0.2) is 5.78 Å². The van der Waals surface area contributed by atoms with E-state index in [9.17, 15) is 14.7 Å². The Hall–Kier alpha value is -4.04. The van der Waals surface area contributed by atoms with Gasteiger partial charge < -0.3 is 9.84 Å². The van der Waals surface area contributed by atoms with Crippen LogP contribution < -0.4 is 0 Å². The van der Waals surface area contributed by atoms with Gasteiger partial charge in [0.05, 0.1) is 52.6 Å². The van der Waals surface area contributed by atoms with E-state index >= 15 is 0 Å². The zero-order valence-corrected chi connectivity index (χ0v) is 38.2. The fourth-order valence-corrected chi connectivity index (χ4v) is 10.1. The molecule has 5 aliphatic heterocycles. The highest BCUT2D eigenvalue weighted by Crippen LogP contribution is 2.46. The maximum absolute atomic E-state index is 13.8. The molecule has 8 heteroatoms. The van der Waals surface area contributed by atoms with Crippen LogP contribution in [0.15, 0.2) is 99.5 Å². The first kappa shape index (κ1) is 45.5. The van der Waals surface area contributed by atoms with Crippen molar-refractivity contribution in [2.75, 3.05) is 6.61 Å². The Balaban J connectivity index is 1.11. The number of rotatable bonds is 22. The second-order valence-corrected chi connectivity index (χ2v) is 18.1. The largest absolute Gasteiger partial charge is 0.466 e. The molecule has 1 N–H and O–H groups in total.